The molecule has 2 aromatic carbocycles. The molecule has 6 heteroatoms. The van der Waals surface area contributed by atoms with Gasteiger partial charge in [0.25, 0.3) is 0 Å². The summed E-state index contributed by atoms with van der Waals surface area (Å²) < 4.78 is 5.64. The summed E-state index contributed by atoms with van der Waals surface area (Å²) in [5, 5.41) is 3.09. The molecule has 0 spiro atoms. The van der Waals surface area contributed by atoms with Gasteiger partial charge in [-0.05, 0) is 18.1 Å². The zero-order chi connectivity index (χ0) is 19.3. The maximum absolute atomic E-state index is 13.0. The summed E-state index contributed by atoms with van der Waals surface area (Å²) >= 11 is 0. The molecule has 2 unspecified atom stereocenters. The lowest BCUT2D eigenvalue weighted by Crippen LogP contribution is -2.48. The lowest BCUT2D eigenvalue weighted by molar-refractivity contribution is 0.00840. The molecule has 3 aromatic rings. The van der Waals surface area contributed by atoms with Crippen molar-refractivity contribution in [2.45, 2.75) is 19.0 Å². The first-order chi connectivity index (χ1) is 13.7. The Morgan fingerprint density at radius 1 is 1.18 bits per heavy atom. The van der Waals surface area contributed by atoms with E-state index in [0.29, 0.717) is 19.8 Å². The molecule has 0 aliphatic carbocycles. The Morgan fingerprint density at radius 3 is 2.64 bits per heavy atom. The Kier molecular flexibility index (Phi) is 5.39. The number of imidazole rings is 1. The summed E-state index contributed by atoms with van der Waals surface area (Å²) in [6.07, 6.45) is 1.81. The highest BCUT2D eigenvalue weighted by atomic mass is 16.5. The highest BCUT2D eigenvalue weighted by Gasteiger charge is 2.31. The van der Waals surface area contributed by atoms with Crippen molar-refractivity contribution in [1.29, 1.82) is 0 Å². The van der Waals surface area contributed by atoms with Crippen LogP contribution in [-0.4, -0.2) is 40.7 Å². The van der Waals surface area contributed by atoms with Gasteiger partial charge in [0.1, 0.15) is 11.9 Å². The third-order valence-electron chi connectivity index (χ3n) is 5.02. The van der Waals surface area contributed by atoms with Crippen molar-refractivity contribution < 1.29 is 9.53 Å². The quantitative estimate of drug-likeness (QED) is 0.725. The molecule has 2 amide bonds. The number of nitrogens with one attached hydrogen (secondary N) is 2. The van der Waals surface area contributed by atoms with Crippen molar-refractivity contribution in [1.82, 2.24) is 20.2 Å². The Bertz CT molecular complexity index is 911. The fraction of sp³-hybridized carbons (Fsp3) is 0.273. The van der Waals surface area contributed by atoms with Crippen LogP contribution in [0.15, 0.2) is 66.9 Å². The van der Waals surface area contributed by atoms with Crippen molar-refractivity contribution in [2.75, 3.05) is 19.8 Å². The number of H-pyrrole nitrogens is 1. The average Bonchev–Trinajstić information content (AvgIpc) is 3.25. The Hall–Kier alpha value is -3.12. The summed E-state index contributed by atoms with van der Waals surface area (Å²) in [6, 6.07) is 19.5. The van der Waals surface area contributed by atoms with Gasteiger partial charge in [-0.1, -0.05) is 60.7 Å². The normalized spacial score (nSPS) is 17.9. The van der Waals surface area contributed by atoms with E-state index in [4.69, 9.17) is 4.74 Å². The van der Waals surface area contributed by atoms with Gasteiger partial charge in [0.2, 0.25) is 0 Å². The first-order valence-corrected chi connectivity index (χ1v) is 9.52. The molecule has 6 nitrogen and oxygen atoms in total. The first kappa shape index (κ1) is 18.3. The van der Waals surface area contributed by atoms with Crippen LogP contribution in [0.1, 0.15) is 30.4 Å². The van der Waals surface area contributed by atoms with E-state index in [0.717, 1.165) is 22.6 Å². The van der Waals surface area contributed by atoms with Crippen LogP contribution in [0.3, 0.4) is 0 Å². The number of aromatic nitrogens is 2. The second-order valence-corrected chi connectivity index (χ2v) is 6.91. The molecular weight excluding hydrogens is 352 g/mol. The number of ether oxygens (including phenoxy) is 1. The molecule has 1 aliphatic rings. The third-order valence-corrected chi connectivity index (χ3v) is 5.02. The van der Waals surface area contributed by atoms with E-state index in [1.54, 1.807) is 4.90 Å². The molecule has 2 atom stereocenters. The van der Waals surface area contributed by atoms with E-state index in [-0.39, 0.29) is 18.1 Å². The summed E-state index contributed by atoms with van der Waals surface area (Å²) in [4.78, 5) is 22.6. The second-order valence-electron chi connectivity index (χ2n) is 6.91. The van der Waals surface area contributed by atoms with Crippen molar-refractivity contribution in [2.24, 2.45) is 0 Å². The van der Waals surface area contributed by atoms with Gasteiger partial charge < -0.3 is 19.9 Å². The van der Waals surface area contributed by atoms with Crippen LogP contribution in [0.5, 0.6) is 0 Å². The van der Waals surface area contributed by atoms with E-state index < -0.39 is 0 Å². The van der Waals surface area contributed by atoms with Gasteiger partial charge in [0.15, 0.2) is 0 Å². The van der Waals surface area contributed by atoms with Crippen molar-refractivity contribution in [3.63, 3.8) is 0 Å². The Balaban J connectivity index is 1.50. The average molecular weight is 376 g/mol. The van der Waals surface area contributed by atoms with Crippen molar-refractivity contribution in [3.8, 4) is 11.3 Å². The van der Waals surface area contributed by atoms with E-state index in [1.807, 2.05) is 73.8 Å². The summed E-state index contributed by atoms with van der Waals surface area (Å²) in [5.41, 5.74) is 3.07. The zero-order valence-corrected chi connectivity index (χ0v) is 15.8. The van der Waals surface area contributed by atoms with Gasteiger partial charge in [-0.3, -0.25) is 0 Å². The third kappa shape index (κ3) is 3.92. The Labute approximate surface area is 164 Å². The maximum Gasteiger partial charge on any atom is 0.318 e. The standard InChI is InChI=1S/C22H24N4O2/c1-16(17-8-4-2-5-9-17)24-22(27)26-12-13-28-15-20(26)21-23-14-19(25-21)18-10-6-3-7-11-18/h2-11,14,16,20H,12-13,15H2,1H3,(H,23,25)(H,24,27). The molecule has 1 saturated heterocycles. The molecule has 1 aromatic heterocycles. The topological polar surface area (TPSA) is 70.2 Å². The largest absolute Gasteiger partial charge is 0.377 e. The van der Waals surface area contributed by atoms with E-state index >= 15 is 0 Å². The predicted molar refractivity (Wildman–Crippen MR) is 108 cm³/mol. The number of carbonyl (C=O) groups is 1. The van der Waals surface area contributed by atoms with Crippen LogP contribution < -0.4 is 5.32 Å². The number of amides is 2. The molecule has 144 valence electrons. The number of hydrogen-bond donors (Lipinski definition) is 2. The Morgan fingerprint density at radius 2 is 1.89 bits per heavy atom. The SMILES string of the molecule is CC(NC(=O)N1CCOCC1c1ncc(-c2ccccc2)[nH]1)c1ccccc1. The summed E-state index contributed by atoms with van der Waals surface area (Å²) in [7, 11) is 0. The fourth-order valence-electron chi connectivity index (χ4n) is 3.44. The number of urea groups is 1. The van der Waals surface area contributed by atoms with E-state index in [9.17, 15) is 4.79 Å². The van der Waals surface area contributed by atoms with Crippen molar-refractivity contribution >= 4 is 6.03 Å². The second kappa shape index (κ2) is 8.27. The molecule has 0 radical (unpaired) electrons. The van der Waals surface area contributed by atoms with Gasteiger partial charge in [-0.25, -0.2) is 9.78 Å². The van der Waals surface area contributed by atoms with Crippen LogP contribution in [0.25, 0.3) is 11.3 Å². The molecule has 2 N–H and O–H groups in total. The number of nitrogens with zero attached hydrogens (tertiary/aromatic N) is 2. The van der Waals surface area contributed by atoms with Crippen LogP contribution in [0.2, 0.25) is 0 Å². The minimum absolute atomic E-state index is 0.0753. The van der Waals surface area contributed by atoms with Crippen LogP contribution >= 0.6 is 0 Å². The molecule has 0 bridgehead atoms. The van der Waals surface area contributed by atoms with Crippen LogP contribution in [-0.2, 0) is 4.74 Å². The predicted octanol–water partition coefficient (Wildman–Crippen LogP) is 3.92. The van der Waals surface area contributed by atoms with Gasteiger partial charge in [0.05, 0.1) is 31.1 Å². The fourth-order valence-corrected chi connectivity index (χ4v) is 3.44. The molecule has 0 saturated carbocycles. The highest BCUT2D eigenvalue weighted by Crippen LogP contribution is 2.25. The van der Waals surface area contributed by atoms with Gasteiger partial charge >= 0.3 is 6.03 Å². The van der Waals surface area contributed by atoms with E-state index in [1.165, 1.54) is 0 Å². The zero-order valence-electron chi connectivity index (χ0n) is 15.8. The maximum atomic E-state index is 13.0. The molecule has 1 fully saturated rings. The number of aromatic amines is 1. The minimum atomic E-state index is -0.241. The lowest BCUT2D eigenvalue weighted by Gasteiger charge is -2.35. The molecular formula is C22H24N4O2. The molecule has 4 rings (SSSR count). The monoisotopic (exact) mass is 376 g/mol. The van der Waals surface area contributed by atoms with Crippen molar-refractivity contribution in [3.05, 3.63) is 78.2 Å². The molecule has 2 heterocycles. The smallest absolute Gasteiger partial charge is 0.318 e. The van der Waals surface area contributed by atoms with Crippen LogP contribution in [0, 0.1) is 0 Å². The number of rotatable bonds is 4. The van der Waals surface area contributed by atoms with Crippen LogP contribution in [0.4, 0.5) is 4.79 Å². The highest BCUT2D eigenvalue weighted by molar-refractivity contribution is 5.75. The summed E-state index contributed by atoms with van der Waals surface area (Å²) in [5.74, 6) is 0.737. The number of morpholine rings is 1. The van der Waals surface area contributed by atoms with Gasteiger partial charge in [-0.2, -0.15) is 0 Å². The minimum Gasteiger partial charge on any atom is -0.377 e. The van der Waals surface area contributed by atoms with Gasteiger partial charge in [0, 0.05) is 6.54 Å². The van der Waals surface area contributed by atoms with Gasteiger partial charge in [-0.15, -0.1) is 0 Å². The van der Waals surface area contributed by atoms with E-state index in [2.05, 4.69) is 15.3 Å². The molecule has 28 heavy (non-hydrogen) atoms. The number of benzene rings is 2. The number of carbonyl (C=O) groups excluding carboxylic acids is 1. The first-order valence-electron chi connectivity index (χ1n) is 9.52. The summed E-state index contributed by atoms with van der Waals surface area (Å²) in [6.45, 7) is 3.47. The lowest BCUT2D eigenvalue weighted by atomic mass is 10.1. The molecule has 1 aliphatic heterocycles. The number of hydrogen-bond acceptors (Lipinski definition) is 3.